The second kappa shape index (κ2) is 7.48. The fourth-order valence-corrected chi connectivity index (χ4v) is 3.83. The number of hydrogen-bond donors (Lipinski definition) is 0. The highest BCUT2D eigenvalue weighted by Crippen LogP contribution is 2.35. The summed E-state index contributed by atoms with van der Waals surface area (Å²) in [5, 5.41) is 0. The third-order valence-electron chi connectivity index (χ3n) is 5.45. The maximum absolute atomic E-state index is 2.34. The van der Waals surface area contributed by atoms with Crippen LogP contribution < -0.4 is 0 Å². The van der Waals surface area contributed by atoms with Gasteiger partial charge in [-0.15, -0.1) is 0 Å². The van der Waals surface area contributed by atoms with Gasteiger partial charge in [0.2, 0.25) is 0 Å². The van der Waals surface area contributed by atoms with Crippen LogP contribution in [0.25, 0.3) is 33.4 Å². The van der Waals surface area contributed by atoms with E-state index < -0.39 is 0 Å². The fourth-order valence-electron chi connectivity index (χ4n) is 3.83. The van der Waals surface area contributed by atoms with E-state index in [4.69, 9.17) is 0 Å². The summed E-state index contributed by atoms with van der Waals surface area (Å²) >= 11 is 0. The minimum atomic E-state index is 1.25. The minimum Gasteiger partial charge on any atom is -0.0622 e. The Hall–Kier alpha value is -3.12. The fraction of sp³-hybridized carbons (Fsp3) is 0.143. The Labute approximate surface area is 168 Å². The lowest BCUT2D eigenvalue weighted by Gasteiger charge is -2.15. The van der Waals surface area contributed by atoms with Crippen LogP contribution in [-0.2, 0) is 0 Å². The molecule has 0 aliphatic rings. The van der Waals surface area contributed by atoms with Gasteiger partial charge in [-0.1, -0.05) is 77.9 Å². The molecule has 0 heterocycles. The third kappa shape index (κ3) is 3.64. The molecule has 0 nitrogen and oxygen atoms in total. The van der Waals surface area contributed by atoms with Gasteiger partial charge in [-0.25, -0.2) is 0 Å². The highest BCUT2D eigenvalue weighted by Gasteiger charge is 2.11. The van der Waals surface area contributed by atoms with Crippen molar-refractivity contribution in [3.8, 4) is 33.4 Å². The van der Waals surface area contributed by atoms with E-state index in [1.807, 2.05) is 0 Å². The molecule has 4 aromatic carbocycles. The lowest BCUT2D eigenvalue weighted by Crippen LogP contribution is -1.91. The number of benzene rings is 4. The zero-order chi connectivity index (χ0) is 19.7. The molecule has 0 aliphatic heterocycles. The van der Waals surface area contributed by atoms with Crippen LogP contribution in [0.15, 0.2) is 84.9 Å². The van der Waals surface area contributed by atoms with E-state index in [9.17, 15) is 0 Å². The Morgan fingerprint density at radius 3 is 1.36 bits per heavy atom. The summed E-state index contributed by atoms with van der Waals surface area (Å²) in [5.41, 5.74) is 12.9. The first-order valence-corrected chi connectivity index (χ1v) is 9.87. The predicted octanol–water partition coefficient (Wildman–Crippen LogP) is 7.92. The summed E-state index contributed by atoms with van der Waals surface area (Å²) in [6.07, 6.45) is 0. The predicted molar refractivity (Wildman–Crippen MR) is 122 cm³/mol. The van der Waals surface area contributed by atoms with Crippen molar-refractivity contribution in [3.63, 3.8) is 0 Å². The van der Waals surface area contributed by atoms with Crippen LogP contribution in [0.5, 0.6) is 0 Å². The molecular formula is C28H26. The highest BCUT2D eigenvalue weighted by molar-refractivity contribution is 5.83. The van der Waals surface area contributed by atoms with Crippen LogP contribution in [0, 0.1) is 27.7 Å². The minimum absolute atomic E-state index is 1.25. The van der Waals surface area contributed by atoms with Gasteiger partial charge in [0.1, 0.15) is 0 Å². The van der Waals surface area contributed by atoms with Crippen molar-refractivity contribution in [2.24, 2.45) is 0 Å². The first kappa shape index (κ1) is 18.3. The van der Waals surface area contributed by atoms with Crippen molar-refractivity contribution in [1.82, 2.24) is 0 Å². The van der Waals surface area contributed by atoms with Crippen LogP contribution in [0.2, 0.25) is 0 Å². The summed E-state index contributed by atoms with van der Waals surface area (Å²) in [5.74, 6) is 0. The second-order valence-electron chi connectivity index (χ2n) is 7.80. The van der Waals surface area contributed by atoms with Crippen molar-refractivity contribution in [2.75, 3.05) is 0 Å². The smallest absolute Gasteiger partial charge is 0.0152 e. The molecule has 4 aromatic rings. The highest BCUT2D eigenvalue weighted by atomic mass is 14.1. The van der Waals surface area contributed by atoms with E-state index in [-0.39, 0.29) is 0 Å². The third-order valence-corrected chi connectivity index (χ3v) is 5.45. The molecule has 0 aromatic heterocycles. The van der Waals surface area contributed by atoms with Gasteiger partial charge < -0.3 is 0 Å². The van der Waals surface area contributed by atoms with Crippen molar-refractivity contribution in [1.29, 1.82) is 0 Å². The molecule has 0 atom stereocenters. The summed E-state index contributed by atoms with van der Waals surface area (Å²) < 4.78 is 0. The van der Waals surface area contributed by atoms with E-state index >= 15 is 0 Å². The Kier molecular flexibility index (Phi) is 4.88. The van der Waals surface area contributed by atoms with Crippen LogP contribution >= 0.6 is 0 Å². The average Bonchev–Trinajstić information content (AvgIpc) is 2.72. The number of rotatable bonds is 3. The van der Waals surface area contributed by atoms with Gasteiger partial charge in [-0.05, 0) is 90.4 Å². The lowest BCUT2D eigenvalue weighted by molar-refractivity contribution is 1.38. The standard InChI is InChI=1S/C28H26/c1-19-10-12-21(3)27(14-19)25-16-24(23-8-6-5-7-9-23)17-26(18-25)28-15-20(2)11-13-22(28)4/h5-18H,1-4H3. The molecule has 0 saturated heterocycles. The van der Waals surface area contributed by atoms with Gasteiger partial charge in [0, 0.05) is 0 Å². The van der Waals surface area contributed by atoms with Crippen molar-refractivity contribution in [2.45, 2.75) is 27.7 Å². The average molecular weight is 363 g/mol. The SMILES string of the molecule is Cc1ccc(C)c(-c2cc(-c3ccccc3)cc(-c3cc(C)ccc3C)c2)c1. The van der Waals surface area contributed by atoms with Crippen LogP contribution in [-0.4, -0.2) is 0 Å². The van der Waals surface area contributed by atoms with E-state index in [1.54, 1.807) is 0 Å². The van der Waals surface area contributed by atoms with E-state index in [2.05, 4.69) is 113 Å². The summed E-state index contributed by atoms with van der Waals surface area (Å²) in [6.45, 7) is 8.72. The number of aryl methyl sites for hydroxylation is 4. The van der Waals surface area contributed by atoms with Gasteiger partial charge >= 0.3 is 0 Å². The molecule has 0 N–H and O–H groups in total. The Bertz CT molecular complexity index is 1060. The molecule has 0 amide bonds. The molecule has 0 spiro atoms. The molecule has 28 heavy (non-hydrogen) atoms. The zero-order valence-electron chi connectivity index (χ0n) is 17.1. The van der Waals surface area contributed by atoms with E-state index in [0.717, 1.165) is 0 Å². The van der Waals surface area contributed by atoms with E-state index in [1.165, 1.54) is 55.6 Å². The molecule has 4 rings (SSSR count). The van der Waals surface area contributed by atoms with Gasteiger partial charge in [0.15, 0.2) is 0 Å². The molecular weight excluding hydrogens is 336 g/mol. The lowest BCUT2D eigenvalue weighted by atomic mass is 9.89. The maximum atomic E-state index is 2.34. The van der Waals surface area contributed by atoms with E-state index in [0.29, 0.717) is 0 Å². The molecule has 0 saturated carbocycles. The topological polar surface area (TPSA) is 0 Å². The Balaban J connectivity index is 1.99. The Morgan fingerprint density at radius 2 is 0.857 bits per heavy atom. The first-order chi connectivity index (χ1) is 13.5. The molecule has 0 fully saturated rings. The molecule has 0 aliphatic carbocycles. The Morgan fingerprint density at radius 1 is 0.393 bits per heavy atom. The maximum Gasteiger partial charge on any atom is -0.0152 e. The summed E-state index contributed by atoms with van der Waals surface area (Å²) in [6, 6.07) is 31.1. The van der Waals surface area contributed by atoms with Crippen LogP contribution in [0.1, 0.15) is 22.3 Å². The zero-order valence-corrected chi connectivity index (χ0v) is 17.1. The van der Waals surface area contributed by atoms with Crippen molar-refractivity contribution < 1.29 is 0 Å². The molecule has 0 radical (unpaired) electrons. The first-order valence-electron chi connectivity index (χ1n) is 9.87. The van der Waals surface area contributed by atoms with Gasteiger partial charge in [-0.3, -0.25) is 0 Å². The summed E-state index contributed by atoms with van der Waals surface area (Å²) in [7, 11) is 0. The molecule has 138 valence electrons. The summed E-state index contributed by atoms with van der Waals surface area (Å²) in [4.78, 5) is 0. The van der Waals surface area contributed by atoms with Crippen molar-refractivity contribution in [3.05, 3.63) is 107 Å². The quantitative estimate of drug-likeness (QED) is 0.347. The largest absolute Gasteiger partial charge is 0.0622 e. The van der Waals surface area contributed by atoms with Crippen molar-refractivity contribution >= 4 is 0 Å². The number of hydrogen-bond acceptors (Lipinski definition) is 0. The van der Waals surface area contributed by atoms with Crippen LogP contribution in [0.3, 0.4) is 0 Å². The molecule has 0 unspecified atom stereocenters. The molecule has 0 bridgehead atoms. The van der Waals surface area contributed by atoms with Gasteiger partial charge in [-0.2, -0.15) is 0 Å². The van der Waals surface area contributed by atoms with Crippen LogP contribution in [0.4, 0.5) is 0 Å². The monoisotopic (exact) mass is 362 g/mol. The van der Waals surface area contributed by atoms with Gasteiger partial charge in [0.05, 0.1) is 0 Å². The second-order valence-corrected chi connectivity index (χ2v) is 7.80. The molecule has 0 heteroatoms. The normalized spacial score (nSPS) is 10.9. The van der Waals surface area contributed by atoms with Gasteiger partial charge in [0.25, 0.3) is 0 Å².